The third-order valence-corrected chi connectivity index (χ3v) is 6.21. The highest BCUT2D eigenvalue weighted by Gasteiger charge is 2.31. The first-order valence-electron chi connectivity index (χ1n) is 11.5. The van der Waals surface area contributed by atoms with Crippen LogP contribution in [0, 0.1) is 6.92 Å². The lowest BCUT2D eigenvalue weighted by molar-refractivity contribution is -0.140. The largest absolute Gasteiger partial charge is 0.406 e. The highest BCUT2D eigenvalue weighted by atomic mass is 19.4. The average Bonchev–Trinajstić information content (AvgIpc) is 3.20. The second kappa shape index (κ2) is 9.41. The zero-order valence-corrected chi connectivity index (χ0v) is 19.0. The fraction of sp³-hybridized carbons (Fsp3) is 0.591. The number of anilines is 1. The van der Waals surface area contributed by atoms with Crippen molar-refractivity contribution in [1.82, 2.24) is 34.4 Å². The number of hydrogen-bond donors (Lipinski definition) is 0. The molecule has 0 radical (unpaired) electrons. The standard InChI is InChI=1S/C22H27F3N8O/c1-15-26-5-4-17(28-15)12-31-6-2-3-16(11-31)19-29-20(32-7-9-34-10-8-32)18-21(30-19)33(14-27-18)13-22(23,24)25/h4-5,14,16H,2-3,6-13H2,1H3. The number of aromatic nitrogens is 6. The van der Waals surface area contributed by atoms with E-state index in [0.29, 0.717) is 56.6 Å². The van der Waals surface area contributed by atoms with E-state index >= 15 is 0 Å². The number of halogens is 3. The van der Waals surface area contributed by atoms with E-state index in [1.54, 1.807) is 6.20 Å². The topological polar surface area (TPSA) is 85.1 Å². The van der Waals surface area contributed by atoms with Crippen molar-refractivity contribution in [3.05, 3.63) is 35.9 Å². The molecule has 0 aromatic carbocycles. The van der Waals surface area contributed by atoms with Gasteiger partial charge in [0, 0.05) is 38.3 Å². The molecule has 2 fully saturated rings. The van der Waals surface area contributed by atoms with E-state index in [9.17, 15) is 13.2 Å². The molecular weight excluding hydrogens is 449 g/mol. The van der Waals surface area contributed by atoms with Crippen LogP contribution in [-0.4, -0.2) is 80.0 Å². The predicted molar refractivity (Wildman–Crippen MR) is 118 cm³/mol. The molecule has 12 heteroatoms. The van der Waals surface area contributed by atoms with Crippen LogP contribution in [0.4, 0.5) is 19.0 Å². The van der Waals surface area contributed by atoms with Gasteiger partial charge in [-0.25, -0.2) is 24.9 Å². The van der Waals surface area contributed by atoms with Gasteiger partial charge in [0.15, 0.2) is 17.0 Å². The van der Waals surface area contributed by atoms with Crippen LogP contribution >= 0.6 is 0 Å². The van der Waals surface area contributed by atoms with Gasteiger partial charge in [0.1, 0.15) is 18.2 Å². The quantitative estimate of drug-likeness (QED) is 0.556. The second-order valence-corrected chi connectivity index (χ2v) is 8.83. The number of hydrogen-bond acceptors (Lipinski definition) is 8. The fourth-order valence-electron chi connectivity index (χ4n) is 4.67. The highest BCUT2D eigenvalue weighted by Crippen LogP contribution is 2.31. The Morgan fingerprint density at radius 2 is 1.91 bits per heavy atom. The lowest BCUT2D eigenvalue weighted by Crippen LogP contribution is -2.38. The summed E-state index contributed by atoms with van der Waals surface area (Å²) in [6.45, 7) is 5.36. The van der Waals surface area contributed by atoms with Gasteiger partial charge in [-0.15, -0.1) is 0 Å². The number of ether oxygens (including phenoxy) is 1. The number of alkyl halides is 3. The van der Waals surface area contributed by atoms with Gasteiger partial charge in [0.2, 0.25) is 0 Å². The number of likely N-dealkylation sites (tertiary alicyclic amines) is 1. The summed E-state index contributed by atoms with van der Waals surface area (Å²) in [5, 5.41) is 0. The minimum atomic E-state index is -4.37. The van der Waals surface area contributed by atoms with Gasteiger partial charge in [-0.3, -0.25) is 4.90 Å². The molecule has 0 saturated carbocycles. The van der Waals surface area contributed by atoms with Gasteiger partial charge in [0.05, 0.1) is 25.2 Å². The van der Waals surface area contributed by atoms with E-state index < -0.39 is 12.7 Å². The van der Waals surface area contributed by atoms with Crippen molar-refractivity contribution >= 4 is 17.0 Å². The summed E-state index contributed by atoms with van der Waals surface area (Å²) < 4.78 is 46.2. The van der Waals surface area contributed by atoms with Gasteiger partial charge in [-0.2, -0.15) is 13.2 Å². The Bertz CT molecular complexity index is 1140. The van der Waals surface area contributed by atoms with Crippen molar-refractivity contribution in [2.75, 3.05) is 44.3 Å². The number of fused-ring (bicyclic) bond motifs is 1. The smallest absolute Gasteiger partial charge is 0.378 e. The molecule has 5 rings (SSSR count). The summed E-state index contributed by atoms with van der Waals surface area (Å²) in [6.07, 6.45) is 0.429. The normalized spacial score (nSPS) is 20.2. The maximum Gasteiger partial charge on any atom is 0.406 e. The molecule has 0 N–H and O–H groups in total. The minimum absolute atomic E-state index is 0.00936. The molecule has 0 spiro atoms. The lowest BCUT2D eigenvalue weighted by Gasteiger charge is -2.33. The molecule has 1 unspecified atom stereocenters. The number of piperidine rings is 1. The second-order valence-electron chi connectivity index (χ2n) is 8.83. The van der Waals surface area contributed by atoms with Crippen molar-refractivity contribution < 1.29 is 17.9 Å². The number of aryl methyl sites for hydroxylation is 1. The van der Waals surface area contributed by atoms with Crippen molar-refractivity contribution in [3.8, 4) is 0 Å². The molecule has 3 aromatic heterocycles. The van der Waals surface area contributed by atoms with Crippen LogP contribution < -0.4 is 4.90 Å². The molecule has 0 aliphatic carbocycles. The average molecular weight is 477 g/mol. The molecule has 1 atom stereocenters. The number of nitrogens with zero attached hydrogens (tertiary/aromatic N) is 8. The Morgan fingerprint density at radius 1 is 1.09 bits per heavy atom. The predicted octanol–water partition coefficient (Wildman–Crippen LogP) is 2.70. The van der Waals surface area contributed by atoms with Gasteiger partial charge >= 0.3 is 6.18 Å². The highest BCUT2D eigenvalue weighted by molar-refractivity contribution is 5.83. The zero-order valence-electron chi connectivity index (χ0n) is 19.0. The summed E-state index contributed by atoms with van der Waals surface area (Å²) in [5.74, 6) is 1.90. The Hall–Kier alpha value is -2.86. The Balaban J connectivity index is 1.47. The van der Waals surface area contributed by atoms with Crippen LogP contribution in [-0.2, 0) is 17.8 Å². The molecule has 2 aliphatic heterocycles. The van der Waals surface area contributed by atoms with Gasteiger partial charge < -0.3 is 14.2 Å². The van der Waals surface area contributed by atoms with Crippen LogP contribution in [0.3, 0.4) is 0 Å². The van der Waals surface area contributed by atoms with Gasteiger partial charge in [-0.05, 0) is 32.4 Å². The number of rotatable bonds is 5. The number of morpholine rings is 1. The van der Waals surface area contributed by atoms with E-state index in [1.165, 1.54) is 6.33 Å². The van der Waals surface area contributed by atoms with E-state index in [0.717, 1.165) is 35.5 Å². The molecule has 2 aliphatic rings. The molecule has 0 amide bonds. The molecule has 3 aromatic rings. The first-order valence-corrected chi connectivity index (χ1v) is 11.5. The van der Waals surface area contributed by atoms with Gasteiger partial charge in [0.25, 0.3) is 0 Å². The Morgan fingerprint density at radius 3 is 2.68 bits per heavy atom. The zero-order chi connectivity index (χ0) is 23.7. The van der Waals surface area contributed by atoms with Crippen molar-refractivity contribution in [1.29, 1.82) is 0 Å². The van der Waals surface area contributed by atoms with Crippen LogP contribution in [0.5, 0.6) is 0 Å². The van der Waals surface area contributed by atoms with Crippen LogP contribution in [0.25, 0.3) is 11.2 Å². The molecule has 34 heavy (non-hydrogen) atoms. The van der Waals surface area contributed by atoms with Gasteiger partial charge in [-0.1, -0.05) is 0 Å². The molecule has 182 valence electrons. The maximum atomic E-state index is 13.2. The summed E-state index contributed by atoms with van der Waals surface area (Å²) in [7, 11) is 0. The first-order chi connectivity index (χ1) is 16.4. The summed E-state index contributed by atoms with van der Waals surface area (Å²) >= 11 is 0. The van der Waals surface area contributed by atoms with Crippen LogP contribution in [0.1, 0.15) is 36.1 Å². The molecule has 5 heterocycles. The lowest BCUT2D eigenvalue weighted by atomic mass is 9.97. The third kappa shape index (κ3) is 5.12. The first kappa shape index (κ1) is 22.9. The van der Waals surface area contributed by atoms with Crippen molar-refractivity contribution in [3.63, 3.8) is 0 Å². The minimum Gasteiger partial charge on any atom is -0.378 e. The molecule has 0 bridgehead atoms. The molecule has 2 saturated heterocycles. The fourth-order valence-corrected chi connectivity index (χ4v) is 4.67. The van der Waals surface area contributed by atoms with E-state index in [2.05, 4.69) is 24.8 Å². The SMILES string of the molecule is Cc1nccc(CN2CCCC(c3nc(N4CCOCC4)c4ncn(CC(F)(F)F)c4n3)C2)n1. The van der Waals surface area contributed by atoms with E-state index in [1.807, 2.05) is 17.9 Å². The van der Waals surface area contributed by atoms with Crippen molar-refractivity contribution in [2.24, 2.45) is 0 Å². The number of imidazole rings is 1. The molecular formula is C22H27F3N8O. The van der Waals surface area contributed by atoms with Crippen molar-refractivity contribution in [2.45, 2.75) is 44.9 Å². The third-order valence-electron chi connectivity index (χ3n) is 6.21. The molecule has 9 nitrogen and oxygen atoms in total. The Kier molecular flexibility index (Phi) is 6.34. The summed E-state index contributed by atoms with van der Waals surface area (Å²) in [5.41, 5.74) is 1.58. The summed E-state index contributed by atoms with van der Waals surface area (Å²) in [6, 6.07) is 1.91. The Labute approximate surface area is 195 Å². The van der Waals surface area contributed by atoms with Crippen LogP contribution in [0.2, 0.25) is 0 Å². The maximum absolute atomic E-state index is 13.2. The van der Waals surface area contributed by atoms with E-state index in [-0.39, 0.29) is 11.6 Å². The summed E-state index contributed by atoms with van der Waals surface area (Å²) in [4.78, 5) is 26.8. The van der Waals surface area contributed by atoms with E-state index in [4.69, 9.17) is 9.72 Å². The monoisotopic (exact) mass is 476 g/mol. The van der Waals surface area contributed by atoms with Crippen LogP contribution in [0.15, 0.2) is 18.6 Å².